The van der Waals surface area contributed by atoms with Crippen LogP contribution in [-0.4, -0.2) is 29.1 Å². The third-order valence-corrected chi connectivity index (χ3v) is 3.64. The Morgan fingerprint density at radius 2 is 2.17 bits per heavy atom. The van der Waals surface area contributed by atoms with E-state index >= 15 is 0 Å². The Labute approximate surface area is 106 Å². The number of nitrogen functional groups attached to an aromatic ring is 1. The van der Waals surface area contributed by atoms with Crippen molar-refractivity contribution in [3.8, 4) is 0 Å². The number of rotatable bonds is 4. The van der Waals surface area contributed by atoms with Crippen LogP contribution in [0.1, 0.15) is 36.2 Å². The molecular weight excluding hydrogens is 230 g/mol. The van der Waals surface area contributed by atoms with E-state index in [1.165, 1.54) is 6.20 Å². The van der Waals surface area contributed by atoms with E-state index in [2.05, 4.69) is 10.3 Å². The van der Waals surface area contributed by atoms with Crippen LogP contribution in [0, 0.1) is 5.41 Å². The maximum absolute atomic E-state index is 11.9. The van der Waals surface area contributed by atoms with Gasteiger partial charge in [-0.05, 0) is 25.0 Å². The van der Waals surface area contributed by atoms with Gasteiger partial charge in [-0.3, -0.25) is 4.79 Å². The van der Waals surface area contributed by atoms with Crippen molar-refractivity contribution in [1.82, 2.24) is 10.3 Å². The predicted molar refractivity (Wildman–Crippen MR) is 69.0 cm³/mol. The lowest BCUT2D eigenvalue weighted by molar-refractivity contribution is 0.0876. The molecule has 0 unspecified atom stereocenters. The number of nitrogens with two attached hydrogens (primary N) is 1. The van der Waals surface area contributed by atoms with Gasteiger partial charge in [0.25, 0.3) is 5.91 Å². The average Bonchev–Trinajstić information content (AvgIpc) is 2.86. The Morgan fingerprint density at radius 1 is 1.44 bits per heavy atom. The second kappa shape index (κ2) is 5.35. The predicted octanol–water partition coefficient (Wildman–Crippen LogP) is 0.946. The number of nitrogens with zero attached hydrogens (tertiary/aromatic N) is 1. The molecule has 0 atom stereocenters. The van der Waals surface area contributed by atoms with Crippen LogP contribution in [0.2, 0.25) is 0 Å². The van der Waals surface area contributed by atoms with Gasteiger partial charge >= 0.3 is 0 Å². The van der Waals surface area contributed by atoms with Crippen LogP contribution in [0.5, 0.6) is 0 Å². The minimum Gasteiger partial charge on any atom is -0.397 e. The van der Waals surface area contributed by atoms with E-state index in [4.69, 9.17) is 5.73 Å². The number of carbonyl (C=O) groups excluding carboxylic acids is 1. The molecule has 1 aliphatic rings. The van der Waals surface area contributed by atoms with Gasteiger partial charge in [0.05, 0.1) is 18.5 Å². The van der Waals surface area contributed by atoms with Gasteiger partial charge in [-0.15, -0.1) is 0 Å². The van der Waals surface area contributed by atoms with Gasteiger partial charge in [0, 0.05) is 12.0 Å². The fourth-order valence-electron chi connectivity index (χ4n) is 2.41. The fourth-order valence-corrected chi connectivity index (χ4v) is 2.41. The third kappa shape index (κ3) is 2.79. The first-order chi connectivity index (χ1) is 8.65. The van der Waals surface area contributed by atoms with Crippen LogP contribution < -0.4 is 11.1 Å². The van der Waals surface area contributed by atoms with Gasteiger partial charge < -0.3 is 16.2 Å². The summed E-state index contributed by atoms with van der Waals surface area (Å²) < 4.78 is 0. The summed E-state index contributed by atoms with van der Waals surface area (Å²) in [5, 5.41) is 12.3. The molecule has 0 spiro atoms. The van der Waals surface area contributed by atoms with Crippen molar-refractivity contribution < 1.29 is 9.90 Å². The highest BCUT2D eigenvalue weighted by Crippen LogP contribution is 2.36. The first-order valence-electron chi connectivity index (χ1n) is 6.26. The Kier molecular flexibility index (Phi) is 3.81. The molecule has 18 heavy (non-hydrogen) atoms. The van der Waals surface area contributed by atoms with E-state index in [1.54, 1.807) is 12.1 Å². The van der Waals surface area contributed by atoms with Crippen molar-refractivity contribution in [1.29, 1.82) is 0 Å². The standard InChI is InChI=1S/C13H19N3O2/c14-10-3-4-11(15-7-10)12(18)16-8-13(9-17)5-1-2-6-13/h3-4,7,17H,1-2,5-6,8-9,14H2,(H,16,18). The largest absolute Gasteiger partial charge is 0.397 e. The van der Waals surface area contributed by atoms with Gasteiger partial charge in [0.1, 0.15) is 5.69 Å². The molecule has 98 valence electrons. The maximum atomic E-state index is 11.9. The molecule has 4 N–H and O–H groups in total. The Balaban J connectivity index is 1.93. The van der Waals surface area contributed by atoms with Crippen LogP contribution in [0.15, 0.2) is 18.3 Å². The summed E-state index contributed by atoms with van der Waals surface area (Å²) in [6.07, 6.45) is 5.65. The second-order valence-electron chi connectivity index (χ2n) is 5.02. The molecule has 1 aromatic heterocycles. The number of hydrogen-bond acceptors (Lipinski definition) is 4. The molecule has 2 rings (SSSR count). The molecule has 1 aromatic rings. The highest BCUT2D eigenvalue weighted by Gasteiger charge is 2.33. The molecule has 1 saturated carbocycles. The Morgan fingerprint density at radius 3 is 2.72 bits per heavy atom. The van der Waals surface area contributed by atoms with E-state index in [9.17, 15) is 9.90 Å². The number of aromatic nitrogens is 1. The van der Waals surface area contributed by atoms with E-state index in [1.807, 2.05) is 0 Å². The summed E-state index contributed by atoms with van der Waals surface area (Å²) in [6.45, 7) is 0.636. The fraction of sp³-hybridized carbons (Fsp3) is 0.538. The van der Waals surface area contributed by atoms with Crippen molar-refractivity contribution in [3.63, 3.8) is 0 Å². The van der Waals surface area contributed by atoms with Gasteiger partial charge in [-0.25, -0.2) is 4.98 Å². The number of nitrogens with one attached hydrogen (secondary N) is 1. The SMILES string of the molecule is Nc1ccc(C(=O)NCC2(CO)CCCC2)nc1. The molecule has 5 heteroatoms. The zero-order valence-corrected chi connectivity index (χ0v) is 10.4. The number of aliphatic hydroxyl groups is 1. The van der Waals surface area contributed by atoms with E-state index in [0.717, 1.165) is 25.7 Å². The quantitative estimate of drug-likeness (QED) is 0.741. The van der Waals surface area contributed by atoms with Crippen LogP contribution in [0.4, 0.5) is 5.69 Å². The lowest BCUT2D eigenvalue weighted by Crippen LogP contribution is -2.38. The summed E-state index contributed by atoms with van der Waals surface area (Å²) in [6, 6.07) is 3.25. The first kappa shape index (κ1) is 12.8. The number of amides is 1. The molecule has 0 bridgehead atoms. The zero-order valence-electron chi connectivity index (χ0n) is 10.4. The smallest absolute Gasteiger partial charge is 0.269 e. The van der Waals surface area contributed by atoms with Crippen LogP contribution >= 0.6 is 0 Å². The van der Waals surface area contributed by atoms with Crippen molar-refractivity contribution >= 4 is 11.6 Å². The van der Waals surface area contributed by atoms with Crippen LogP contribution in [0.25, 0.3) is 0 Å². The van der Waals surface area contributed by atoms with Crippen LogP contribution in [0.3, 0.4) is 0 Å². The Hall–Kier alpha value is -1.62. The monoisotopic (exact) mass is 249 g/mol. The summed E-state index contributed by atoms with van der Waals surface area (Å²) in [5.41, 5.74) is 6.27. The molecular formula is C13H19N3O2. The van der Waals surface area contributed by atoms with Gasteiger partial charge in [0.2, 0.25) is 0 Å². The molecule has 0 aromatic carbocycles. The summed E-state index contributed by atoms with van der Waals surface area (Å²) in [7, 11) is 0. The van der Waals surface area contributed by atoms with Gasteiger partial charge in [0.15, 0.2) is 0 Å². The second-order valence-corrected chi connectivity index (χ2v) is 5.02. The summed E-state index contributed by atoms with van der Waals surface area (Å²) >= 11 is 0. The lowest BCUT2D eigenvalue weighted by Gasteiger charge is -2.26. The van der Waals surface area contributed by atoms with Gasteiger partial charge in [-0.1, -0.05) is 12.8 Å². The van der Waals surface area contributed by atoms with Gasteiger partial charge in [-0.2, -0.15) is 0 Å². The molecule has 1 fully saturated rings. The molecule has 0 aliphatic heterocycles. The van der Waals surface area contributed by atoms with Crippen molar-refractivity contribution in [2.24, 2.45) is 5.41 Å². The van der Waals surface area contributed by atoms with Crippen molar-refractivity contribution in [2.45, 2.75) is 25.7 Å². The highest BCUT2D eigenvalue weighted by atomic mass is 16.3. The number of aliphatic hydroxyl groups excluding tert-OH is 1. The zero-order chi connectivity index (χ0) is 13.0. The molecule has 1 amide bonds. The lowest BCUT2D eigenvalue weighted by atomic mass is 9.87. The van der Waals surface area contributed by atoms with E-state index in [-0.39, 0.29) is 17.9 Å². The average molecular weight is 249 g/mol. The Bertz CT molecular complexity index is 411. The molecule has 0 radical (unpaired) electrons. The maximum Gasteiger partial charge on any atom is 0.269 e. The normalized spacial score (nSPS) is 17.6. The molecule has 5 nitrogen and oxygen atoms in total. The first-order valence-corrected chi connectivity index (χ1v) is 6.26. The molecule has 1 heterocycles. The number of hydrogen-bond donors (Lipinski definition) is 3. The van der Waals surface area contributed by atoms with E-state index < -0.39 is 0 Å². The number of carbonyl (C=O) groups is 1. The van der Waals surface area contributed by atoms with Crippen molar-refractivity contribution in [2.75, 3.05) is 18.9 Å². The minimum atomic E-state index is -0.213. The van der Waals surface area contributed by atoms with Crippen molar-refractivity contribution in [3.05, 3.63) is 24.0 Å². The topological polar surface area (TPSA) is 88.2 Å². The highest BCUT2D eigenvalue weighted by molar-refractivity contribution is 5.92. The van der Waals surface area contributed by atoms with E-state index in [0.29, 0.717) is 17.9 Å². The summed E-state index contributed by atoms with van der Waals surface area (Å²) in [4.78, 5) is 15.8. The molecule has 0 saturated heterocycles. The number of pyridine rings is 1. The third-order valence-electron chi connectivity index (χ3n) is 3.64. The minimum absolute atomic E-state index is 0.127. The van der Waals surface area contributed by atoms with Crippen LogP contribution in [-0.2, 0) is 0 Å². The molecule has 1 aliphatic carbocycles. The number of anilines is 1. The summed E-state index contributed by atoms with van der Waals surface area (Å²) in [5.74, 6) is -0.213.